The molecule has 3 rings (SSSR count). The van der Waals surface area contributed by atoms with Crippen molar-refractivity contribution in [1.29, 1.82) is 0 Å². The first-order valence-electron chi connectivity index (χ1n) is 8.29. The molecule has 2 heterocycles. The third-order valence-corrected chi connectivity index (χ3v) is 4.69. The standard InChI is InChI=1S/C16H16N4O2S.C2HF3O2/c1-10-3-4-12(22-2)13-14(10)23-16(19-13)20-15(21)18-9-11-5-7-17-8-6-11;3-2(4,5)1(6)7/h3-8H,9H2,1-2H3,(H2,18,19,20,21);(H,6,7). The van der Waals surface area contributed by atoms with Crippen LogP contribution in [0.25, 0.3) is 10.2 Å². The van der Waals surface area contributed by atoms with Crippen molar-refractivity contribution in [3.63, 3.8) is 0 Å². The number of carboxylic acid groups (broad SMARTS) is 1. The Morgan fingerprint density at radius 3 is 2.40 bits per heavy atom. The van der Waals surface area contributed by atoms with Gasteiger partial charge in [0.1, 0.15) is 11.3 Å². The van der Waals surface area contributed by atoms with Gasteiger partial charge in [0.2, 0.25) is 0 Å². The fraction of sp³-hybridized carbons (Fsp3) is 0.222. The minimum absolute atomic E-state index is 0.294. The first-order chi connectivity index (χ1) is 14.1. The van der Waals surface area contributed by atoms with E-state index >= 15 is 0 Å². The third-order valence-electron chi connectivity index (χ3n) is 3.59. The zero-order valence-corrected chi connectivity index (χ0v) is 16.6. The fourth-order valence-electron chi connectivity index (χ4n) is 2.15. The van der Waals surface area contributed by atoms with Crippen molar-refractivity contribution < 1.29 is 32.6 Å². The number of aryl methyl sites for hydroxylation is 1. The highest BCUT2D eigenvalue weighted by atomic mass is 32.1. The first-order valence-corrected chi connectivity index (χ1v) is 9.11. The maximum atomic E-state index is 12.0. The van der Waals surface area contributed by atoms with Crippen LogP contribution in [0.1, 0.15) is 11.1 Å². The Morgan fingerprint density at radius 2 is 1.83 bits per heavy atom. The molecular formula is C18H17F3N4O4S. The monoisotopic (exact) mass is 442 g/mol. The van der Waals surface area contributed by atoms with Crippen LogP contribution in [0.15, 0.2) is 36.7 Å². The number of nitrogens with zero attached hydrogens (tertiary/aromatic N) is 2. The third kappa shape index (κ3) is 6.30. The van der Waals surface area contributed by atoms with Crippen LogP contribution >= 0.6 is 11.3 Å². The molecule has 0 aliphatic rings. The maximum absolute atomic E-state index is 12.0. The van der Waals surface area contributed by atoms with E-state index in [9.17, 15) is 18.0 Å². The summed E-state index contributed by atoms with van der Waals surface area (Å²) in [5.41, 5.74) is 2.85. The Morgan fingerprint density at radius 1 is 1.20 bits per heavy atom. The Hall–Kier alpha value is -3.41. The van der Waals surface area contributed by atoms with Gasteiger partial charge in [-0.15, -0.1) is 0 Å². The number of ether oxygens (including phenoxy) is 1. The molecule has 0 unspecified atom stereocenters. The van der Waals surface area contributed by atoms with E-state index in [2.05, 4.69) is 20.6 Å². The number of alkyl halides is 3. The van der Waals surface area contributed by atoms with Gasteiger partial charge in [0, 0.05) is 18.9 Å². The van der Waals surface area contributed by atoms with E-state index in [-0.39, 0.29) is 6.03 Å². The summed E-state index contributed by atoms with van der Waals surface area (Å²) in [6, 6.07) is 7.27. The van der Waals surface area contributed by atoms with E-state index in [0.29, 0.717) is 17.4 Å². The van der Waals surface area contributed by atoms with Gasteiger partial charge < -0.3 is 15.2 Å². The van der Waals surface area contributed by atoms with Gasteiger partial charge in [0.25, 0.3) is 0 Å². The molecule has 0 saturated heterocycles. The molecule has 1 aromatic carbocycles. The van der Waals surface area contributed by atoms with Crippen molar-refractivity contribution in [2.75, 3.05) is 12.4 Å². The molecule has 0 saturated carbocycles. The molecule has 2 amide bonds. The average Bonchev–Trinajstić information content (AvgIpc) is 3.12. The van der Waals surface area contributed by atoms with Crippen molar-refractivity contribution in [3.05, 3.63) is 47.8 Å². The molecule has 2 aromatic heterocycles. The quantitative estimate of drug-likeness (QED) is 0.564. The first kappa shape index (κ1) is 22.9. The van der Waals surface area contributed by atoms with Gasteiger partial charge in [0.15, 0.2) is 5.13 Å². The largest absolute Gasteiger partial charge is 0.494 e. The summed E-state index contributed by atoms with van der Waals surface area (Å²) in [6.07, 6.45) is -1.70. The summed E-state index contributed by atoms with van der Waals surface area (Å²) >= 11 is 1.43. The van der Waals surface area contributed by atoms with Crippen LogP contribution in [-0.2, 0) is 11.3 Å². The predicted molar refractivity (Wildman–Crippen MR) is 105 cm³/mol. The van der Waals surface area contributed by atoms with Crippen LogP contribution in [0.5, 0.6) is 5.75 Å². The van der Waals surface area contributed by atoms with E-state index < -0.39 is 12.1 Å². The van der Waals surface area contributed by atoms with Gasteiger partial charge >= 0.3 is 18.2 Å². The van der Waals surface area contributed by atoms with Crippen LogP contribution in [0.4, 0.5) is 23.1 Å². The van der Waals surface area contributed by atoms with E-state index in [1.165, 1.54) is 11.3 Å². The lowest BCUT2D eigenvalue weighted by molar-refractivity contribution is -0.192. The normalized spacial score (nSPS) is 10.7. The van der Waals surface area contributed by atoms with Crippen molar-refractivity contribution >= 4 is 38.7 Å². The van der Waals surface area contributed by atoms with Crippen molar-refractivity contribution in [2.24, 2.45) is 0 Å². The number of aliphatic carboxylic acids is 1. The van der Waals surface area contributed by atoms with Crippen LogP contribution < -0.4 is 15.4 Å². The molecular weight excluding hydrogens is 425 g/mol. The molecule has 0 bridgehead atoms. The number of benzene rings is 1. The number of carbonyl (C=O) groups is 2. The zero-order valence-electron chi connectivity index (χ0n) is 15.8. The van der Waals surface area contributed by atoms with Crippen molar-refractivity contribution in [2.45, 2.75) is 19.6 Å². The molecule has 8 nitrogen and oxygen atoms in total. The second-order valence-electron chi connectivity index (χ2n) is 5.75. The number of carbonyl (C=O) groups excluding carboxylic acids is 1. The average molecular weight is 442 g/mol. The SMILES string of the molecule is COc1ccc(C)c2sc(NC(=O)NCc3ccncc3)nc12.O=C(O)C(F)(F)F. The number of urea groups is 1. The van der Waals surface area contributed by atoms with Gasteiger partial charge in [-0.2, -0.15) is 13.2 Å². The van der Waals surface area contributed by atoms with Crippen LogP contribution in [-0.4, -0.2) is 40.4 Å². The number of halogens is 3. The summed E-state index contributed by atoms with van der Waals surface area (Å²) in [5.74, 6) is -2.06. The number of hydrogen-bond donors (Lipinski definition) is 3. The molecule has 0 fully saturated rings. The van der Waals surface area contributed by atoms with Gasteiger partial charge in [-0.3, -0.25) is 10.3 Å². The number of hydrogen-bond acceptors (Lipinski definition) is 6. The molecule has 3 aromatic rings. The summed E-state index contributed by atoms with van der Waals surface area (Å²) in [4.78, 5) is 29.3. The number of anilines is 1. The topological polar surface area (TPSA) is 113 Å². The molecule has 0 atom stereocenters. The smallest absolute Gasteiger partial charge is 0.490 e. The van der Waals surface area contributed by atoms with Crippen molar-refractivity contribution in [3.8, 4) is 5.75 Å². The van der Waals surface area contributed by atoms with Gasteiger partial charge in [-0.1, -0.05) is 17.4 Å². The van der Waals surface area contributed by atoms with E-state index in [4.69, 9.17) is 14.6 Å². The highest BCUT2D eigenvalue weighted by Crippen LogP contribution is 2.34. The molecule has 12 heteroatoms. The number of rotatable bonds is 4. The van der Waals surface area contributed by atoms with E-state index in [1.54, 1.807) is 19.5 Å². The summed E-state index contributed by atoms with van der Waals surface area (Å²) < 4.78 is 38.1. The van der Waals surface area contributed by atoms with Crippen LogP contribution in [0.2, 0.25) is 0 Å². The summed E-state index contributed by atoms with van der Waals surface area (Å²) in [7, 11) is 1.61. The number of thiazole rings is 1. The summed E-state index contributed by atoms with van der Waals surface area (Å²) in [5, 5.41) is 13.2. The minimum Gasteiger partial charge on any atom is -0.494 e. The number of amides is 2. The lowest BCUT2D eigenvalue weighted by atomic mass is 10.2. The predicted octanol–water partition coefficient (Wildman–Crippen LogP) is 3.96. The Labute approximate surface area is 172 Å². The van der Waals surface area contributed by atoms with E-state index in [1.807, 2.05) is 31.2 Å². The zero-order chi connectivity index (χ0) is 22.3. The number of aromatic nitrogens is 2. The highest BCUT2D eigenvalue weighted by molar-refractivity contribution is 7.22. The number of nitrogens with one attached hydrogen (secondary N) is 2. The van der Waals surface area contributed by atoms with Crippen LogP contribution in [0.3, 0.4) is 0 Å². The number of carboxylic acids is 1. The second kappa shape index (κ2) is 9.87. The number of fused-ring (bicyclic) bond motifs is 1. The molecule has 160 valence electrons. The molecule has 0 aliphatic heterocycles. The lowest BCUT2D eigenvalue weighted by Gasteiger charge is -2.04. The number of methoxy groups -OCH3 is 1. The maximum Gasteiger partial charge on any atom is 0.490 e. The van der Waals surface area contributed by atoms with Gasteiger partial charge in [0.05, 0.1) is 11.8 Å². The Balaban J connectivity index is 0.000000396. The summed E-state index contributed by atoms with van der Waals surface area (Å²) in [6.45, 7) is 2.44. The van der Waals surface area contributed by atoms with Gasteiger partial charge in [-0.05, 0) is 36.2 Å². The molecule has 0 aliphatic carbocycles. The molecule has 0 spiro atoms. The second-order valence-corrected chi connectivity index (χ2v) is 6.75. The van der Waals surface area contributed by atoms with Crippen LogP contribution in [0, 0.1) is 6.92 Å². The highest BCUT2D eigenvalue weighted by Gasteiger charge is 2.38. The molecule has 0 radical (unpaired) electrons. The Kier molecular flexibility index (Phi) is 7.53. The number of pyridine rings is 1. The molecule has 30 heavy (non-hydrogen) atoms. The fourth-order valence-corrected chi connectivity index (χ4v) is 3.10. The minimum atomic E-state index is -5.08. The van der Waals surface area contributed by atoms with Crippen molar-refractivity contribution in [1.82, 2.24) is 15.3 Å². The lowest BCUT2D eigenvalue weighted by Crippen LogP contribution is -2.28. The Bertz CT molecular complexity index is 1030. The molecule has 3 N–H and O–H groups in total. The van der Waals surface area contributed by atoms with E-state index in [0.717, 1.165) is 21.3 Å². The van der Waals surface area contributed by atoms with Gasteiger partial charge in [-0.25, -0.2) is 14.6 Å².